The molecule has 0 saturated carbocycles. The van der Waals surface area contributed by atoms with Crippen LogP contribution in [0.15, 0.2) is 15.8 Å². The monoisotopic (exact) mass is 470 g/mol. The minimum Gasteiger partial charge on any atom is -0.462 e. The number of aromatic nitrogens is 2. The number of H-pyrrole nitrogens is 1. The summed E-state index contributed by atoms with van der Waals surface area (Å²) in [5.74, 6) is -0.978. The van der Waals surface area contributed by atoms with Crippen LogP contribution in [0.2, 0.25) is 0 Å². The van der Waals surface area contributed by atoms with Crippen molar-refractivity contribution in [2.75, 3.05) is 13.4 Å². The molecule has 1 saturated heterocycles. The number of nitrogens with one attached hydrogen (secondary N) is 1. The maximum absolute atomic E-state index is 12.2. The van der Waals surface area contributed by atoms with Gasteiger partial charge < -0.3 is 24.1 Å². The van der Waals surface area contributed by atoms with E-state index in [4.69, 9.17) is 18.9 Å². The number of rotatable bonds is 7. The minimum atomic E-state index is -1.08. The summed E-state index contributed by atoms with van der Waals surface area (Å²) in [5, 5.41) is 10.6. The number of hydrogen-bond donors (Lipinski definition) is 2. The van der Waals surface area contributed by atoms with Crippen LogP contribution < -0.4 is 11.2 Å². The molecule has 1 aromatic rings. The number of hydrogen-bond acceptors (Lipinski definition) is 9. The molecule has 11 heteroatoms. The summed E-state index contributed by atoms with van der Waals surface area (Å²) < 4.78 is 23.2. The van der Waals surface area contributed by atoms with Crippen LogP contribution >= 0.6 is 0 Å². The fourth-order valence-electron chi connectivity index (χ4n) is 2.99. The molecule has 0 amide bonds. The lowest BCUT2D eigenvalue weighted by Crippen LogP contribution is -2.42. The Labute approximate surface area is 192 Å². The fourth-order valence-corrected chi connectivity index (χ4v) is 2.99. The SMILES string of the molecule is Cc1cn([C@H]2C[C@H](O)[C@@H](C(COC(=O)C(C)(C)C)OCOC(=O)C(C)(C)C)O2)c(=O)[nH]c1=O. The van der Waals surface area contributed by atoms with Crippen molar-refractivity contribution < 1.29 is 33.6 Å². The van der Waals surface area contributed by atoms with E-state index < -0.39 is 65.4 Å². The zero-order valence-corrected chi connectivity index (χ0v) is 20.2. The highest BCUT2D eigenvalue weighted by molar-refractivity contribution is 5.75. The molecule has 0 bridgehead atoms. The van der Waals surface area contributed by atoms with Crippen LogP contribution in [0.5, 0.6) is 0 Å². The van der Waals surface area contributed by atoms with Crippen LogP contribution in [0, 0.1) is 17.8 Å². The first kappa shape index (κ1) is 26.7. The maximum Gasteiger partial charge on any atom is 0.330 e. The van der Waals surface area contributed by atoms with E-state index in [9.17, 15) is 24.3 Å². The summed E-state index contributed by atoms with van der Waals surface area (Å²) in [7, 11) is 0. The predicted octanol–water partition coefficient (Wildman–Crippen LogP) is 1.01. The summed E-state index contributed by atoms with van der Waals surface area (Å²) in [6.07, 6.45) is -2.55. The van der Waals surface area contributed by atoms with E-state index in [2.05, 4.69) is 4.98 Å². The molecule has 1 aliphatic rings. The van der Waals surface area contributed by atoms with Gasteiger partial charge in [0.05, 0.1) is 16.9 Å². The molecule has 2 heterocycles. The molecule has 2 rings (SSSR count). The first-order chi connectivity index (χ1) is 15.1. The van der Waals surface area contributed by atoms with Crippen LogP contribution in [0.3, 0.4) is 0 Å². The molecule has 0 aliphatic carbocycles. The molecule has 4 atom stereocenters. The maximum atomic E-state index is 12.2. The lowest BCUT2D eigenvalue weighted by molar-refractivity contribution is -0.193. The summed E-state index contributed by atoms with van der Waals surface area (Å²) in [6.45, 7) is 11.0. The molecular formula is C22H34N2O9. The van der Waals surface area contributed by atoms with E-state index in [1.807, 2.05) is 0 Å². The Bertz CT molecular complexity index is 968. The van der Waals surface area contributed by atoms with E-state index in [1.165, 1.54) is 10.8 Å². The van der Waals surface area contributed by atoms with Gasteiger partial charge in [0.15, 0.2) is 6.79 Å². The van der Waals surface area contributed by atoms with E-state index in [-0.39, 0.29) is 13.0 Å². The Morgan fingerprint density at radius 3 is 2.30 bits per heavy atom. The molecule has 0 radical (unpaired) electrons. The number of ether oxygens (including phenoxy) is 4. The van der Waals surface area contributed by atoms with Gasteiger partial charge in [-0.25, -0.2) is 4.79 Å². The molecule has 2 N–H and O–H groups in total. The third-order valence-corrected chi connectivity index (χ3v) is 5.03. The highest BCUT2D eigenvalue weighted by atomic mass is 16.7. The number of aliphatic hydroxyl groups is 1. The molecule has 11 nitrogen and oxygen atoms in total. The highest BCUT2D eigenvalue weighted by Gasteiger charge is 2.42. The quantitative estimate of drug-likeness (QED) is 0.440. The number of carbonyl (C=O) groups is 2. The van der Waals surface area contributed by atoms with Gasteiger partial charge in [-0.3, -0.25) is 23.9 Å². The molecule has 0 spiro atoms. The number of aliphatic hydroxyl groups excluding tert-OH is 1. The van der Waals surface area contributed by atoms with Gasteiger partial charge in [-0.1, -0.05) is 0 Å². The van der Waals surface area contributed by atoms with Crippen LogP contribution in [0.25, 0.3) is 0 Å². The molecule has 1 aliphatic heterocycles. The zero-order chi connectivity index (χ0) is 25.1. The van der Waals surface area contributed by atoms with Gasteiger partial charge >= 0.3 is 17.6 Å². The van der Waals surface area contributed by atoms with E-state index in [1.54, 1.807) is 48.5 Å². The van der Waals surface area contributed by atoms with Crippen molar-refractivity contribution in [3.63, 3.8) is 0 Å². The smallest absolute Gasteiger partial charge is 0.330 e. The van der Waals surface area contributed by atoms with Crippen molar-refractivity contribution in [2.45, 2.75) is 79.4 Å². The standard InChI is InChI=1S/C22H34N2O9/c1-12-9-24(20(29)23-17(12)26)15-8-13(25)16(33-15)14(10-30-18(27)21(2,3)4)31-11-32-19(28)22(5,6)7/h9,13-16,25H,8,10-11H2,1-7H3,(H,23,26,29)/t13-,14?,15+,16-/m0/s1. The number of aromatic amines is 1. The third kappa shape index (κ3) is 6.99. The number of carbonyl (C=O) groups excluding carboxylic acids is 2. The number of aryl methyl sites for hydroxylation is 1. The molecular weight excluding hydrogens is 436 g/mol. The van der Waals surface area contributed by atoms with Crippen molar-refractivity contribution in [1.29, 1.82) is 0 Å². The van der Waals surface area contributed by atoms with Gasteiger partial charge in [-0.15, -0.1) is 0 Å². The van der Waals surface area contributed by atoms with Gasteiger partial charge in [0.25, 0.3) is 5.56 Å². The average molecular weight is 471 g/mol. The van der Waals surface area contributed by atoms with E-state index in [0.717, 1.165) is 0 Å². The third-order valence-electron chi connectivity index (χ3n) is 5.03. The Balaban J connectivity index is 2.17. The van der Waals surface area contributed by atoms with Crippen LogP contribution in [0.1, 0.15) is 59.8 Å². The van der Waals surface area contributed by atoms with Crippen molar-refractivity contribution in [1.82, 2.24) is 9.55 Å². The fraction of sp³-hybridized carbons (Fsp3) is 0.727. The van der Waals surface area contributed by atoms with Gasteiger partial charge in [0, 0.05) is 18.2 Å². The summed E-state index contributed by atoms with van der Waals surface area (Å²) in [4.78, 5) is 50.3. The summed E-state index contributed by atoms with van der Waals surface area (Å²) in [6, 6.07) is 0. The zero-order valence-electron chi connectivity index (χ0n) is 20.2. The molecule has 1 unspecified atom stereocenters. The average Bonchev–Trinajstić information content (AvgIpc) is 3.06. The largest absolute Gasteiger partial charge is 0.462 e. The highest BCUT2D eigenvalue weighted by Crippen LogP contribution is 2.31. The Morgan fingerprint density at radius 2 is 1.73 bits per heavy atom. The topological polar surface area (TPSA) is 146 Å². The molecule has 1 fully saturated rings. The number of esters is 2. The second kappa shape index (κ2) is 10.2. The molecule has 0 aromatic carbocycles. The Morgan fingerprint density at radius 1 is 1.15 bits per heavy atom. The lowest BCUT2D eigenvalue weighted by atomic mass is 9.97. The first-order valence-corrected chi connectivity index (χ1v) is 10.7. The predicted molar refractivity (Wildman–Crippen MR) is 116 cm³/mol. The van der Waals surface area contributed by atoms with Gasteiger partial charge in [-0.05, 0) is 48.5 Å². The summed E-state index contributed by atoms with van der Waals surface area (Å²) >= 11 is 0. The van der Waals surface area contributed by atoms with Crippen LogP contribution in [-0.2, 0) is 28.5 Å². The first-order valence-electron chi connectivity index (χ1n) is 10.7. The van der Waals surface area contributed by atoms with Gasteiger partial charge in [-0.2, -0.15) is 0 Å². The van der Waals surface area contributed by atoms with E-state index in [0.29, 0.717) is 5.56 Å². The van der Waals surface area contributed by atoms with Crippen molar-refractivity contribution in [3.8, 4) is 0 Å². The lowest BCUT2D eigenvalue weighted by Gasteiger charge is -2.27. The Kier molecular flexibility index (Phi) is 8.26. The summed E-state index contributed by atoms with van der Waals surface area (Å²) in [5.41, 5.74) is -2.39. The minimum absolute atomic E-state index is 0.0327. The number of nitrogens with zero attached hydrogens (tertiary/aromatic N) is 1. The van der Waals surface area contributed by atoms with Gasteiger partial charge in [0.1, 0.15) is 25.0 Å². The molecule has 1 aromatic heterocycles. The molecule has 186 valence electrons. The van der Waals surface area contributed by atoms with Crippen LogP contribution in [-0.4, -0.2) is 58.3 Å². The van der Waals surface area contributed by atoms with Crippen molar-refractivity contribution in [3.05, 3.63) is 32.6 Å². The second-order valence-electron chi connectivity index (χ2n) is 10.2. The van der Waals surface area contributed by atoms with Crippen molar-refractivity contribution in [2.24, 2.45) is 10.8 Å². The van der Waals surface area contributed by atoms with E-state index >= 15 is 0 Å². The molecule has 33 heavy (non-hydrogen) atoms. The normalized spacial score (nSPS) is 22.1. The van der Waals surface area contributed by atoms with Gasteiger partial charge in [0.2, 0.25) is 0 Å². The van der Waals surface area contributed by atoms with Crippen LogP contribution in [0.4, 0.5) is 0 Å². The second-order valence-corrected chi connectivity index (χ2v) is 10.2. The Hall–Kier alpha value is -2.50. The van der Waals surface area contributed by atoms with Crippen molar-refractivity contribution >= 4 is 11.9 Å².